The van der Waals surface area contributed by atoms with E-state index >= 15 is 0 Å². The number of rotatable bonds is 11. The summed E-state index contributed by atoms with van der Waals surface area (Å²) in [7, 11) is -4.58. The van der Waals surface area contributed by atoms with Crippen molar-refractivity contribution in [3.05, 3.63) is 34.4 Å². The van der Waals surface area contributed by atoms with Gasteiger partial charge in [-0.3, -0.25) is 14.9 Å². The number of benzene rings is 1. The van der Waals surface area contributed by atoms with Gasteiger partial charge in [0.1, 0.15) is 5.60 Å². The number of ether oxygens (including phenoxy) is 2. The molecule has 0 bridgehead atoms. The molecule has 0 radical (unpaired) electrons. The predicted molar refractivity (Wildman–Crippen MR) is 118 cm³/mol. The third-order valence-electron chi connectivity index (χ3n) is 4.34. The summed E-state index contributed by atoms with van der Waals surface area (Å²) in [6, 6.07) is 2.50. The van der Waals surface area contributed by atoms with Crippen LogP contribution in [0.3, 0.4) is 0 Å². The zero-order chi connectivity index (χ0) is 25.4. The molecule has 0 aromatic heterocycles. The first kappa shape index (κ1) is 28.3. The molecule has 1 rings (SSSR count). The molecule has 2 N–H and O–H groups in total. The minimum Gasteiger partial charge on any atom is -0.466 e. The van der Waals surface area contributed by atoms with Crippen LogP contribution in [0.1, 0.15) is 41.0 Å². The minimum atomic E-state index is -4.58. The van der Waals surface area contributed by atoms with Crippen LogP contribution in [0.5, 0.6) is 0 Å². The monoisotopic (exact) mass is 489 g/mol. The van der Waals surface area contributed by atoms with Crippen molar-refractivity contribution in [2.75, 3.05) is 19.8 Å². The Morgan fingerprint density at radius 2 is 1.88 bits per heavy atom. The summed E-state index contributed by atoms with van der Waals surface area (Å²) in [5.41, 5.74) is -1.50. The minimum absolute atomic E-state index is 0.0380. The molecule has 2 atom stereocenters. The lowest BCUT2D eigenvalue weighted by Crippen LogP contribution is -2.54. The van der Waals surface area contributed by atoms with E-state index in [2.05, 4.69) is 5.32 Å². The van der Waals surface area contributed by atoms with Crippen molar-refractivity contribution in [2.24, 2.45) is 0 Å². The number of nitro groups is 1. The number of aliphatic hydroxyl groups excluding tert-OH is 1. The summed E-state index contributed by atoms with van der Waals surface area (Å²) >= 11 is 0. The van der Waals surface area contributed by atoms with Gasteiger partial charge in [0.05, 0.1) is 30.6 Å². The molecule has 0 aliphatic rings. The Morgan fingerprint density at radius 3 is 2.39 bits per heavy atom. The van der Waals surface area contributed by atoms with E-state index in [1.165, 1.54) is 19.1 Å². The quantitative estimate of drug-likeness (QED) is 0.268. The van der Waals surface area contributed by atoms with E-state index in [4.69, 9.17) is 9.47 Å². The van der Waals surface area contributed by atoms with Gasteiger partial charge < -0.3 is 19.9 Å². The number of amides is 1. The van der Waals surface area contributed by atoms with Gasteiger partial charge in [-0.15, -0.1) is 0 Å². The number of carbonyl (C=O) groups is 2. The second-order valence-electron chi connectivity index (χ2n) is 8.08. The maximum Gasteiger partial charge on any atom is 0.407 e. The molecule has 1 aromatic carbocycles. The van der Waals surface area contributed by atoms with Gasteiger partial charge >= 0.3 is 12.1 Å². The molecule has 0 aliphatic heterocycles. The van der Waals surface area contributed by atoms with Crippen LogP contribution in [-0.2, 0) is 24.3 Å². The largest absolute Gasteiger partial charge is 0.466 e. The smallest absolute Gasteiger partial charge is 0.407 e. The first-order chi connectivity index (χ1) is 15.2. The highest BCUT2D eigenvalue weighted by Gasteiger charge is 2.40. The summed E-state index contributed by atoms with van der Waals surface area (Å²) in [5.74, 6) is -0.749. The van der Waals surface area contributed by atoms with Crippen LogP contribution in [0.15, 0.2) is 29.2 Å². The van der Waals surface area contributed by atoms with E-state index < -0.39 is 74.8 Å². The van der Waals surface area contributed by atoms with E-state index in [9.17, 15) is 33.2 Å². The van der Waals surface area contributed by atoms with Crippen LogP contribution in [-0.4, -0.2) is 72.3 Å². The lowest BCUT2D eigenvalue weighted by molar-refractivity contribution is -0.387. The number of para-hydroxylation sites is 1. The first-order valence-electron chi connectivity index (χ1n) is 10.3. The van der Waals surface area contributed by atoms with E-state index in [-0.39, 0.29) is 6.61 Å². The first-order valence-corrected chi connectivity index (χ1v) is 11.7. The molecular formula is C20H31N3O9S. The number of nitrogens with one attached hydrogen (secondary N) is 1. The number of carbonyl (C=O) groups excluding carboxylic acids is 2. The van der Waals surface area contributed by atoms with E-state index in [1.54, 1.807) is 27.7 Å². The molecule has 1 amide bonds. The van der Waals surface area contributed by atoms with Crippen LogP contribution in [0.2, 0.25) is 0 Å². The fraction of sp³-hybridized carbons (Fsp3) is 0.600. The molecule has 13 heteroatoms. The standard InChI is InChI=1S/C20H31N3O9S/c1-6-31-18(25)13-16(14(2)21-19(26)32-20(3,4)5)22(11-12-24)33(29,30)17-10-8-7-9-15(17)23(27)28/h7-10,14,16,24H,6,11-13H2,1-5H3,(H,21,26). The average molecular weight is 490 g/mol. The lowest BCUT2D eigenvalue weighted by Gasteiger charge is -2.34. The maximum atomic E-state index is 13.5. The maximum absolute atomic E-state index is 13.5. The zero-order valence-electron chi connectivity index (χ0n) is 19.3. The van der Waals surface area contributed by atoms with Crippen LogP contribution in [0, 0.1) is 10.1 Å². The lowest BCUT2D eigenvalue weighted by atomic mass is 10.1. The second kappa shape index (κ2) is 11.9. The number of nitrogens with zero attached hydrogens (tertiary/aromatic N) is 2. The fourth-order valence-electron chi connectivity index (χ4n) is 3.02. The van der Waals surface area contributed by atoms with Gasteiger partial charge in [-0.1, -0.05) is 12.1 Å². The van der Waals surface area contributed by atoms with Crippen molar-refractivity contribution in [1.29, 1.82) is 0 Å². The van der Waals surface area contributed by atoms with Crippen molar-refractivity contribution in [3.63, 3.8) is 0 Å². The number of hydrogen-bond donors (Lipinski definition) is 2. The molecule has 12 nitrogen and oxygen atoms in total. The molecule has 33 heavy (non-hydrogen) atoms. The molecule has 0 saturated heterocycles. The number of nitro benzene ring substituents is 1. The molecule has 2 unspecified atom stereocenters. The highest BCUT2D eigenvalue weighted by Crippen LogP contribution is 2.29. The highest BCUT2D eigenvalue weighted by molar-refractivity contribution is 7.89. The number of aliphatic hydroxyl groups is 1. The van der Waals surface area contributed by atoms with Gasteiger partial charge in [0.15, 0.2) is 4.90 Å². The van der Waals surface area contributed by atoms with Crippen molar-refractivity contribution in [2.45, 2.75) is 63.6 Å². The third-order valence-corrected chi connectivity index (χ3v) is 6.31. The molecule has 0 saturated carbocycles. The molecule has 0 spiro atoms. The summed E-state index contributed by atoms with van der Waals surface area (Å²) in [5, 5.41) is 23.5. The van der Waals surface area contributed by atoms with Gasteiger partial charge in [-0.25, -0.2) is 13.2 Å². The molecule has 186 valence electrons. The van der Waals surface area contributed by atoms with Crippen LogP contribution in [0.4, 0.5) is 10.5 Å². The third kappa shape index (κ3) is 8.26. The summed E-state index contributed by atoms with van der Waals surface area (Å²) in [6.45, 7) is 6.87. The topological polar surface area (TPSA) is 165 Å². The number of esters is 1. The Bertz CT molecular complexity index is 944. The Morgan fingerprint density at radius 1 is 1.27 bits per heavy atom. The Kier molecular flexibility index (Phi) is 10.2. The molecular weight excluding hydrogens is 458 g/mol. The Labute approximate surface area is 193 Å². The normalized spacial score (nSPS) is 13.8. The van der Waals surface area contributed by atoms with Gasteiger partial charge in [0.2, 0.25) is 10.0 Å². The number of sulfonamides is 1. The van der Waals surface area contributed by atoms with Gasteiger partial charge in [0, 0.05) is 18.7 Å². The number of alkyl carbamates (subject to hydrolysis) is 1. The van der Waals surface area contributed by atoms with Gasteiger partial charge in [-0.2, -0.15) is 4.31 Å². The van der Waals surface area contributed by atoms with Crippen LogP contribution >= 0.6 is 0 Å². The highest BCUT2D eigenvalue weighted by atomic mass is 32.2. The fourth-order valence-corrected chi connectivity index (χ4v) is 4.87. The molecule has 0 aliphatic carbocycles. The van der Waals surface area contributed by atoms with E-state index in [0.717, 1.165) is 16.4 Å². The van der Waals surface area contributed by atoms with E-state index in [0.29, 0.717) is 0 Å². The second-order valence-corrected chi connectivity index (χ2v) is 9.93. The summed E-state index contributed by atoms with van der Waals surface area (Å²) in [6.07, 6.45) is -1.33. The van der Waals surface area contributed by atoms with Crippen LogP contribution < -0.4 is 5.32 Å². The van der Waals surface area contributed by atoms with Gasteiger partial charge in [0.25, 0.3) is 5.69 Å². The summed E-state index contributed by atoms with van der Waals surface area (Å²) in [4.78, 5) is 34.5. The SMILES string of the molecule is CCOC(=O)CC(C(C)NC(=O)OC(C)(C)C)N(CCO)S(=O)(=O)c1ccccc1[N+](=O)[O-]. The zero-order valence-corrected chi connectivity index (χ0v) is 20.1. The average Bonchev–Trinajstić information content (AvgIpc) is 2.69. The van der Waals surface area contributed by atoms with E-state index in [1.807, 2.05) is 0 Å². The molecule has 1 aromatic rings. The Hall–Kier alpha value is -2.77. The van der Waals surface area contributed by atoms with Crippen molar-refractivity contribution < 1.29 is 37.5 Å². The van der Waals surface area contributed by atoms with Gasteiger partial charge in [-0.05, 0) is 40.7 Å². The van der Waals surface area contributed by atoms with Crippen molar-refractivity contribution >= 4 is 27.8 Å². The molecule has 0 fully saturated rings. The Balaban J connectivity index is 3.47. The predicted octanol–water partition coefficient (Wildman–Crippen LogP) is 1.81. The molecule has 0 heterocycles. The van der Waals surface area contributed by atoms with Crippen molar-refractivity contribution in [3.8, 4) is 0 Å². The van der Waals surface area contributed by atoms with Crippen LogP contribution in [0.25, 0.3) is 0 Å². The summed E-state index contributed by atoms with van der Waals surface area (Å²) < 4.78 is 37.8. The number of hydrogen-bond acceptors (Lipinski definition) is 9. The van der Waals surface area contributed by atoms with Crippen molar-refractivity contribution in [1.82, 2.24) is 9.62 Å².